The van der Waals surface area contributed by atoms with Crippen molar-refractivity contribution >= 4 is 23.5 Å². The number of nitrogens with zero attached hydrogens (tertiary/aromatic N) is 2. The van der Waals surface area contributed by atoms with Gasteiger partial charge < -0.3 is 15.1 Å². The first-order valence-corrected chi connectivity index (χ1v) is 8.01. The summed E-state index contributed by atoms with van der Waals surface area (Å²) in [7, 11) is 0. The Morgan fingerprint density at radius 2 is 1.85 bits per heavy atom. The van der Waals surface area contributed by atoms with Crippen LogP contribution in [0.15, 0.2) is 47.1 Å². The number of rotatable bonds is 4. The summed E-state index contributed by atoms with van der Waals surface area (Å²) in [6.45, 7) is 0.362. The van der Waals surface area contributed by atoms with E-state index < -0.39 is 23.7 Å². The van der Waals surface area contributed by atoms with Crippen LogP contribution < -0.4 is 10.6 Å². The summed E-state index contributed by atoms with van der Waals surface area (Å²) in [6, 6.07) is 8.19. The van der Waals surface area contributed by atoms with Crippen molar-refractivity contribution in [2.24, 2.45) is 0 Å². The maximum Gasteiger partial charge on any atom is 0.340 e. The van der Waals surface area contributed by atoms with Crippen LogP contribution >= 0.6 is 0 Å². The molecule has 8 nitrogen and oxygen atoms in total. The molecule has 0 spiro atoms. The number of carbonyl (C=O) groups is 3. The van der Waals surface area contributed by atoms with Crippen molar-refractivity contribution in [1.29, 1.82) is 0 Å². The standard InChI is InChI=1S/C17H17FN4O4/c18-12-5-1-2-6-13(12)20-17(25)22-9-4-8-21(22)15(23)11-19-16(24)14-7-3-10-26-14/h1-3,5-7,10H,4,8-9,11H2,(H,19,24)(H,20,25). The fraction of sp³-hybridized carbons (Fsp3) is 0.235. The molecule has 0 bridgehead atoms. The van der Waals surface area contributed by atoms with E-state index in [2.05, 4.69) is 10.6 Å². The lowest BCUT2D eigenvalue weighted by Gasteiger charge is -2.28. The fourth-order valence-corrected chi connectivity index (χ4v) is 2.57. The van der Waals surface area contributed by atoms with Crippen LogP contribution in [0.1, 0.15) is 17.0 Å². The van der Waals surface area contributed by atoms with E-state index in [1.807, 2.05) is 0 Å². The Kier molecular flexibility index (Phi) is 5.16. The number of hydrogen-bond acceptors (Lipinski definition) is 4. The molecule has 0 radical (unpaired) electrons. The van der Waals surface area contributed by atoms with Gasteiger partial charge in [-0.2, -0.15) is 0 Å². The van der Waals surface area contributed by atoms with E-state index in [0.717, 1.165) is 0 Å². The molecule has 0 saturated carbocycles. The predicted molar refractivity (Wildman–Crippen MR) is 89.5 cm³/mol. The third-order valence-electron chi connectivity index (χ3n) is 3.81. The number of nitrogens with one attached hydrogen (secondary N) is 2. The average molecular weight is 360 g/mol. The average Bonchev–Trinajstić information content (AvgIpc) is 3.32. The van der Waals surface area contributed by atoms with E-state index in [-0.39, 0.29) is 18.0 Å². The molecule has 1 fully saturated rings. The van der Waals surface area contributed by atoms with Gasteiger partial charge in [-0.3, -0.25) is 9.59 Å². The highest BCUT2D eigenvalue weighted by Gasteiger charge is 2.31. The molecule has 26 heavy (non-hydrogen) atoms. The van der Waals surface area contributed by atoms with Gasteiger partial charge in [-0.05, 0) is 30.7 Å². The van der Waals surface area contributed by atoms with Crippen molar-refractivity contribution < 1.29 is 23.2 Å². The van der Waals surface area contributed by atoms with Gasteiger partial charge in [0.05, 0.1) is 18.5 Å². The molecule has 0 aliphatic carbocycles. The number of halogens is 1. The fourth-order valence-electron chi connectivity index (χ4n) is 2.57. The Bertz CT molecular complexity index is 809. The Balaban J connectivity index is 1.58. The summed E-state index contributed by atoms with van der Waals surface area (Å²) >= 11 is 0. The molecule has 1 aliphatic heterocycles. The number of hydrogen-bond donors (Lipinski definition) is 2. The summed E-state index contributed by atoms with van der Waals surface area (Å²) in [5.74, 6) is -1.45. The predicted octanol–water partition coefficient (Wildman–Crippen LogP) is 1.83. The molecule has 3 rings (SSSR count). The molecule has 2 aromatic rings. The normalized spacial score (nSPS) is 13.6. The molecule has 9 heteroatoms. The molecule has 0 unspecified atom stereocenters. The second-order valence-corrected chi connectivity index (χ2v) is 5.56. The summed E-state index contributed by atoms with van der Waals surface area (Å²) in [4.78, 5) is 36.5. The molecule has 1 saturated heterocycles. The highest BCUT2D eigenvalue weighted by molar-refractivity contribution is 5.95. The SMILES string of the molecule is O=C(NCC(=O)N1CCCN1C(=O)Nc1ccccc1F)c1ccco1. The van der Waals surface area contributed by atoms with Crippen LogP contribution in [0.4, 0.5) is 14.9 Å². The minimum absolute atomic E-state index is 0.0305. The molecule has 2 N–H and O–H groups in total. The maximum atomic E-state index is 13.7. The van der Waals surface area contributed by atoms with Crippen molar-refractivity contribution in [1.82, 2.24) is 15.3 Å². The van der Waals surface area contributed by atoms with Gasteiger partial charge in [0.1, 0.15) is 5.82 Å². The summed E-state index contributed by atoms with van der Waals surface area (Å²) in [6.07, 6.45) is 1.94. The summed E-state index contributed by atoms with van der Waals surface area (Å²) < 4.78 is 18.6. The van der Waals surface area contributed by atoms with E-state index in [1.165, 1.54) is 40.5 Å². The van der Waals surface area contributed by atoms with Gasteiger partial charge >= 0.3 is 6.03 Å². The lowest BCUT2D eigenvalue weighted by Crippen LogP contribution is -2.50. The zero-order chi connectivity index (χ0) is 18.5. The first-order chi connectivity index (χ1) is 12.6. The monoisotopic (exact) mass is 360 g/mol. The number of carbonyl (C=O) groups excluding carboxylic acids is 3. The Hall–Kier alpha value is -3.36. The van der Waals surface area contributed by atoms with Crippen molar-refractivity contribution in [3.05, 3.63) is 54.2 Å². The topological polar surface area (TPSA) is 94.9 Å². The van der Waals surface area contributed by atoms with Gasteiger partial charge in [0.2, 0.25) is 0 Å². The van der Waals surface area contributed by atoms with Crippen molar-refractivity contribution in [3.63, 3.8) is 0 Å². The lowest BCUT2D eigenvalue weighted by molar-refractivity contribution is -0.138. The third-order valence-corrected chi connectivity index (χ3v) is 3.81. The van der Waals surface area contributed by atoms with Crippen LogP contribution in [0.2, 0.25) is 0 Å². The van der Waals surface area contributed by atoms with Crippen LogP contribution in [0.3, 0.4) is 0 Å². The number of benzene rings is 1. The van der Waals surface area contributed by atoms with E-state index in [1.54, 1.807) is 12.1 Å². The van der Waals surface area contributed by atoms with E-state index in [0.29, 0.717) is 19.5 Å². The number of amides is 4. The quantitative estimate of drug-likeness (QED) is 0.870. The molecule has 4 amide bonds. The molecule has 1 aromatic carbocycles. The Morgan fingerprint density at radius 1 is 1.08 bits per heavy atom. The van der Waals surface area contributed by atoms with Crippen LogP contribution in [0.25, 0.3) is 0 Å². The van der Waals surface area contributed by atoms with Crippen LogP contribution in [-0.2, 0) is 4.79 Å². The molecule has 1 aromatic heterocycles. The van der Waals surface area contributed by atoms with Gasteiger partial charge in [-0.15, -0.1) is 0 Å². The number of hydrazine groups is 1. The number of furan rings is 1. The third kappa shape index (κ3) is 3.82. The number of urea groups is 1. The molecule has 1 aliphatic rings. The van der Waals surface area contributed by atoms with Crippen LogP contribution in [0, 0.1) is 5.82 Å². The van der Waals surface area contributed by atoms with Gasteiger partial charge in [-0.1, -0.05) is 12.1 Å². The number of anilines is 1. The van der Waals surface area contributed by atoms with Crippen molar-refractivity contribution in [2.45, 2.75) is 6.42 Å². The zero-order valence-electron chi connectivity index (χ0n) is 13.8. The maximum absolute atomic E-state index is 13.7. The van der Waals surface area contributed by atoms with Gasteiger partial charge in [-0.25, -0.2) is 19.2 Å². The largest absolute Gasteiger partial charge is 0.459 e. The smallest absolute Gasteiger partial charge is 0.340 e. The Morgan fingerprint density at radius 3 is 2.58 bits per heavy atom. The first-order valence-electron chi connectivity index (χ1n) is 8.01. The zero-order valence-corrected chi connectivity index (χ0v) is 13.8. The Labute approximate surface area is 148 Å². The molecule has 136 valence electrons. The van der Waals surface area contributed by atoms with Crippen molar-refractivity contribution in [2.75, 3.05) is 25.0 Å². The van der Waals surface area contributed by atoms with E-state index >= 15 is 0 Å². The highest BCUT2D eigenvalue weighted by atomic mass is 19.1. The van der Waals surface area contributed by atoms with Crippen LogP contribution in [-0.4, -0.2) is 47.5 Å². The minimum atomic E-state index is -0.613. The minimum Gasteiger partial charge on any atom is -0.459 e. The van der Waals surface area contributed by atoms with Crippen molar-refractivity contribution in [3.8, 4) is 0 Å². The second-order valence-electron chi connectivity index (χ2n) is 5.56. The first kappa shape index (κ1) is 17.5. The molecular weight excluding hydrogens is 343 g/mol. The molecule has 0 atom stereocenters. The molecular formula is C17H17FN4O4. The highest BCUT2D eigenvalue weighted by Crippen LogP contribution is 2.16. The lowest BCUT2D eigenvalue weighted by atomic mass is 10.3. The summed E-state index contributed by atoms with van der Waals surface area (Å²) in [5, 5.41) is 7.31. The number of para-hydroxylation sites is 1. The van der Waals surface area contributed by atoms with Gasteiger partial charge in [0.25, 0.3) is 11.8 Å². The van der Waals surface area contributed by atoms with Crippen LogP contribution in [0.5, 0.6) is 0 Å². The second kappa shape index (κ2) is 7.68. The van der Waals surface area contributed by atoms with Gasteiger partial charge in [0.15, 0.2) is 5.76 Å². The van der Waals surface area contributed by atoms with E-state index in [9.17, 15) is 18.8 Å². The molecule has 2 heterocycles. The summed E-state index contributed by atoms with van der Waals surface area (Å²) in [5.41, 5.74) is 0.0305. The van der Waals surface area contributed by atoms with Gasteiger partial charge in [0, 0.05) is 13.1 Å². The van der Waals surface area contributed by atoms with E-state index in [4.69, 9.17) is 4.42 Å².